The summed E-state index contributed by atoms with van der Waals surface area (Å²) in [5, 5.41) is 1.84. The number of hydrogen-bond donors (Lipinski definition) is 1. The van der Waals surface area contributed by atoms with Crippen LogP contribution in [0, 0.1) is 0 Å². The molecule has 4 nitrogen and oxygen atoms in total. The number of unbranched alkanes of at least 4 members (excludes halogenated alkanes) is 3. The molecular formula is C26H33NO3S. The van der Waals surface area contributed by atoms with E-state index in [1.54, 1.807) is 12.1 Å². The Hall–Kier alpha value is -2.37. The highest BCUT2D eigenvalue weighted by Gasteiger charge is 2.41. The standard InChI is InChI=1S/C26H33NO3S/c1-5-7-9-11-13-24-26(3,4)25-22-19-21(31(28,29)30)16-14-20(22)15-17-23(25)27(24)18-12-10-8-6-2/h5,7,9,11,13-17,19H,6,8,10,12,18H2,1-4H3,(H,28,29,30)/b7-5+,11-9+,24-13+. The van der Waals surface area contributed by atoms with Crippen LogP contribution < -0.4 is 4.90 Å². The normalized spacial score (nSPS) is 17.5. The number of fused-ring (bicyclic) bond motifs is 3. The van der Waals surface area contributed by atoms with Crippen molar-refractivity contribution in [2.45, 2.75) is 63.7 Å². The summed E-state index contributed by atoms with van der Waals surface area (Å²) in [7, 11) is -4.26. The summed E-state index contributed by atoms with van der Waals surface area (Å²) in [6.07, 6.45) is 15.0. The number of hydrogen-bond acceptors (Lipinski definition) is 3. The fraction of sp³-hybridized carbons (Fsp3) is 0.385. The molecule has 3 rings (SSSR count). The molecule has 2 aromatic rings. The quantitative estimate of drug-likeness (QED) is 0.280. The molecule has 2 aromatic carbocycles. The molecular weight excluding hydrogens is 406 g/mol. The van der Waals surface area contributed by atoms with Crippen LogP contribution in [-0.2, 0) is 15.5 Å². The van der Waals surface area contributed by atoms with Crippen LogP contribution in [0.5, 0.6) is 0 Å². The number of allylic oxidation sites excluding steroid dienone is 6. The molecule has 0 unspecified atom stereocenters. The molecule has 1 aliphatic heterocycles. The Bertz CT molecular complexity index is 1140. The molecule has 5 heteroatoms. The van der Waals surface area contributed by atoms with Crippen LogP contribution in [0.3, 0.4) is 0 Å². The van der Waals surface area contributed by atoms with E-state index >= 15 is 0 Å². The van der Waals surface area contributed by atoms with Gasteiger partial charge >= 0.3 is 0 Å². The Morgan fingerprint density at radius 1 is 1.03 bits per heavy atom. The van der Waals surface area contributed by atoms with Crippen LogP contribution in [0.2, 0.25) is 0 Å². The predicted octanol–water partition coefficient (Wildman–Crippen LogP) is 6.78. The van der Waals surface area contributed by atoms with Gasteiger partial charge in [0.25, 0.3) is 10.1 Å². The summed E-state index contributed by atoms with van der Waals surface area (Å²) in [6, 6.07) is 9.02. The van der Waals surface area contributed by atoms with Crippen molar-refractivity contribution in [3.05, 3.63) is 72.0 Å². The summed E-state index contributed by atoms with van der Waals surface area (Å²) >= 11 is 0. The van der Waals surface area contributed by atoms with E-state index in [9.17, 15) is 13.0 Å². The zero-order valence-electron chi connectivity index (χ0n) is 18.9. The van der Waals surface area contributed by atoms with Crippen molar-refractivity contribution in [2.24, 2.45) is 0 Å². The van der Waals surface area contributed by atoms with Gasteiger partial charge in [0.2, 0.25) is 0 Å². The fourth-order valence-corrected chi connectivity index (χ4v) is 4.99. The van der Waals surface area contributed by atoms with Crippen LogP contribution in [0.15, 0.2) is 71.3 Å². The molecule has 0 bridgehead atoms. The lowest BCUT2D eigenvalue weighted by Gasteiger charge is -2.27. The Balaban J connectivity index is 2.18. The Morgan fingerprint density at radius 2 is 1.77 bits per heavy atom. The van der Waals surface area contributed by atoms with Crippen molar-refractivity contribution in [3.8, 4) is 0 Å². The zero-order valence-corrected chi connectivity index (χ0v) is 19.7. The minimum atomic E-state index is -4.26. The lowest BCUT2D eigenvalue weighted by molar-refractivity contribution is 0.483. The highest BCUT2D eigenvalue weighted by molar-refractivity contribution is 7.85. The molecule has 0 aliphatic carbocycles. The molecule has 0 fully saturated rings. The first-order chi connectivity index (χ1) is 14.7. The molecule has 1 N–H and O–H groups in total. The molecule has 166 valence electrons. The molecule has 1 aliphatic rings. The minimum absolute atomic E-state index is 0.0656. The second kappa shape index (κ2) is 9.41. The van der Waals surface area contributed by atoms with Gasteiger partial charge in [0, 0.05) is 23.3 Å². The summed E-state index contributed by atoms with van der Waals surface area (Å²) < 4.78 is 33.2. The van der Waals surface area contributed by atoms with Gasteiger partial charge in [0.1, 0.15) is 0 Å². The Morgan fingerprint density at radius 3 is 2.45 bits per heavy atom. The van der Waals surface area contributed by atoms with E-state index in [4.69, 9.17) is 0 Å². The maximum atomic E-state index is 11.8. The van der Waals surface area contributed by atoms with Crippen molar-refractivity contribution in [2.75, 3.05) is 11.4 Å². The molecule has 0 atom stereocenters. The van der Waals surface area contributed by atoms with Crippen LogP contribution >= 0.6 is 0 Å². The average molecular weight is 440 g/mol. The van der Waals surface area contributed by atoms with E-state index in [1.165, 1.54) is 31.0 Å². The Labute approximate surface area is 186 Å². The van der Waals surface area contributed by atoms with E-state index in [-0.39, 0.29) is 10.3 Å². The largest absolute Gasteiger partial charge is 0.344 e. The van der Waals surface area contributed by atoms with Gasteiger partial charge in [-0.25, -0.2) is 0 Å². The minimum Gasteiger partial charge on any atom is -0.344 e. The Kier molecular flexibility index (Phi) is 7.07. The number of nitrogens with zero attached hydrogens (tertiary/aromatic N) is 1. The lowest BCUT2D eigenvalue weighted by Crippen LogP contribution is -2.27. The SMILES string of the molecule is C/C=C/C=C/C=C1/N(CCCCCC)c2ccc3ccc(S(=O)(=O)O)cc3c2C1(C)C. The van der Waals surface area contributed by atoms with Crippen LogP contribution in [0.1, 0.15) is 58.9 Å². The summed E-state index contributed by atoms with van der Waals surface area (Å²) in [4.78, 5) is 2.31. The zero-order chi connectivity index (χ0) is 22.6. The summed E-state index contributed by atoms with van der Waals surface area (Å²) in [6.45, 7) is 9.50. The molecule has 0 amide bonds. The summed E-state index contributed by atoms with van der Waals surface area (Å²) in [5.41, 5.74) is 3.12. The molecule has 0 saturated heterocycles. The second-order valence-electron chi connectivity index (χ2n) is 8.62. The molecule has 1 heterocycles. The first-order valence-electron chi connectivity index (χ1n) is 11.0. The van der Waals surface area contributed by atoms with E-state index in [0.29, 0.717) is 0 Å². The maximum Gasteiger partial charge on any atom is 0.294 e. The third-order valence-corrected chi connectivity index (χ3v) is 6.87. The van der Waals surface area contributed by atoms with Gasteiger partial charge in [-0.1, -0.05) is 76.5 Å². The first kappa shape index (κ1) is 23.3. The van der Waals surface area contributed by atoms with Crippen molar-refractivity contribution in [3.63, 3.8) is 0 Å². The third kappa shape index (κ3) is 4.78. The second-order valence-corrected chi connectivity index (χ2v) is 10.0. The first-order valence-corrected chi connectivity index (χ1v) is 12.5. The van der Waals surface area contributed by atoms with Gasteiger partial charge in [0.05, 0.1) is 4.90 Å². The summed E-state index contributed by atoms with van der Waals surface area (Å²) in [5.74, 6) is 0. The topological polar surface area (TPSA) is 57.6 Å². The van der Waals surface area contributed by atoms with Gasteiger partial charge in [-0.3, -0.25) is 4.55 Å². The fourth-order valence-electron chi connectivity index (χ4n) is 4.48. The highest BCUT2D eigenvalue weighted by Crippen LogP contribution is 2.51. The van der Waals surface area contributed by atoms with E-state index in [1.807, 2.05) is 31.2 Å². The van der Waals surface area contributed by atoms with Crippen molar-refractivity contribution >= 4 is 26.6 Å². The molecule has 0 spiro atoms. The molecule has 31 heavy (non-hydrogen) atoms. The lowest BCUT2D eigenvalue weighted by atomic mass is 9.81. The monoisotopic (exact) mass is 439 g/mol. The van der Waals surface area contributed by atoms with Crippen LogP contribution in [-0.4, -0.2) is 19.5 Å². The van der Waals surface area contributed by atoms with Crippen molar-refractivity contribution in [1.82, 2.24) is 0 Å². The molecule has 0 radical (unpaired) electrons. The van der Waals surface area contributed by atoms with Gasteiger partial charge in [-0.2, -0.15) is 8.42 Å². The van der Waals surface area contributed by atoms with E-state index in [0.717, 1.165) is 35.0 Å². The van der Waals surface area contributed by atoms with Gasteiger partial charge in [0.15, 0.2) is 0 Å². The van der Waals surface area contributed by atoms with E-state index < -0.39 is 10.1 Å². The third-order valence-electron chi connectivity index (χ3n) is 6.02. The molecule has 0 aromatic heterocycles. The number of benzene rings is 2. The van der Waals surface area contributed by atoms with Gasteiger partial charge in [-0.15, -0.1) is 0 Å². The number of rotatable bonds is 8. The van der Waals surface area contributed by atoms with Gasteiger partial charge < -0.3 is 4.90 Å². The smallest absolute Gasteiger partial charge is 0.294 e. The highest BCUT2D eigenvalue weighted by atomic mass is 32.2. The number of anilines is 1. The van der Waals surface area contributed by atoms with Crippen molar-refractivity contribution in [1.29, 1.82) is 0 Å². The van der Waals surface area contributed by atoms with Crippen LogP contribution in [0.4, 0.5) is 5.69 Å². The van der Waals surface area contributed by atoms with Crippen molar-refractivity contribution < 1.29 is 13.0 Å². The maximum absolute atomic E-state index is 11.8. The van der Waals surface area contributed by atoms with Gasteiger partial charge in [-0.05, 0) is 54.0 Å². The predicted molar refractivity (Wildman–Crippen MR) is 130 cm³/mol. The van der Waals surface area contributed by atoms with Crippen LogP contribution in [0.25, 0.3) is 10.8 Å². The average Bonchev–Trinajstić information content (AvgIpc) is 2.94. The molecule has 0 saturated carbocycles. The van der Waals surface area contributed by atoms with E-state index in [2.05, 4.69) is 43.9 Å².